The summed E-state index contributed by atoms with van der Waals surface area (Å²) in [6, 6.07) is 7.65. The van der Waals surface area contributed by atoms with Crippen LogP contribution in [-0.4, -0.2) is 27.7 Å². The van der Waals surface area contributed by atoms with Gasteiger partial charge in [0.15, 0.2) is 17.6 Å². The molecule has 1 aromatic carbocycles. The van der Waals surface area contributed by atoms with Crippen molar-refractivity contribution < 1.29 is 9.47 Å². The van der Waals surface area contributed by atoms with Crippen molar-refractivity contribution in [1.82, 2.24) is 15.0 Å². The lowest BCUT2D eigenvalue weighted by atomic mass is 10.0. The van der Waals surface area contributed by atoms with Crippen LogP contribution in [0.5, 0.6) is 11.5 Å². The molecule has 0 saturated carbocycles. The van der Waals surface area contributed by atoms with Crippen molar-refractivity contribution in [2.24, 2.45) is 5.73 Å². The van der Waals surface area contributed by atoms with E-state index >= 15 is 0 Å². The molecule has 0 radical (unpaired) electrons. The first-order valence-electron chi connectivity index (χ1n) is 6.60. The highest BCUT2D eigenvalue weighted by molar-refractivity contribution is 5.40. The maximum absolute atomic E-state index is 5.99. The first kappa shape index (κ1) is 12.9. The molecule has 6 heteroatoms. The molecular formula is C14H18N4O2. The van der Waals surface area contributed by atoms with E-state index in [2.05, 4.69) is 10.3 Å². The Morgan fingerprint density at radius 3 is 2.80 bits per heavy atom. The van der Waals surface area contributed by atoms with Crippen molar-refractivity contribution in [3.8, 4) is 11.5 Å². The fourth-order valence-electron chi connectivity index (χ4n) is 2.04. The van der Waals surface area contributed by atoms with E-state index < -0.39 is 5.54 Å². The highest BCUT2D eigenvalue weighted by Gasteiger charge is 2.23. The van der Waals surface area contributed by atoms with Crippen molar-refractivity contribution in [1.29, 1.82) is 0 Å². The number of ether oxygens (including phenoxy) is 2. The van der Waals surface area contributed by atoms with E-state index in [1.807, 2.05) is 44.3 Å². The zero-order chi connectivity index (χ0) is 14.2. The molecule has 106 valence electrons. The van der Waals surface area contributed by atoms with Gasteiger partial charge < -0.3 is 15.2 Å². The molecular weight excluding hydrogens is 256 g/mol. The molecule has 2 heterocycles. The molecule has 0 fully saturated rings. The minimum absolute atomic E-state index is 0.0830. The number of hydrogen-bond donors (Lipinski definition) is 1. The third kappa shape index (κ3) is 2.60. The van der Waals surface area contributed by atoms with Gasteiger partial charge in [-0.05, 0) is 26.0 Å². The van der Waals surface area contributed by atoms with Crippen LogP contribution in [0.4, 0.5) is 0 Å². The van der Waals surface area contributed by atoms with E-state index in [9.17, 15) is 0 Å². The highest BCUT2D eigenvalue weighted by Crippen LogP contribution is 2.31. The first-order chi connectivity index (χ1) is 9.52. The standard InChI is InChI=1S/C14H18N4O2/c1-14(2,15)13-8-18(17-16-13)7-10-9-19-11-5-3-4-6-12(11)20-10/h3-6,8,10H,7,9,15H2,1-2H3. The smallest absolute Gasteiger partial charge is 0.161 e. The van der Waals surface area contributed by atoms with E-state index in [1.165, 1.54) is 0 Å². The molecule has 1 aromatic heterocycles. The van der Waals surface area contributed by atoms with Gasteiger partial charge in [0, 0.05) is 0 Å². The Balaban J connectivity index is 1.69. The van der Waals surface area contributed by atoms with Crippen molar-refractivity contribution in [3.05, 3.63) is 36.2 Å². The van der Waals surface area contributed by atoms with Gasteiger partial charge in [-0.15, -0.1) is 5.10 Å². The lowest BCUT2D eigenvalue weighted by Crippen LogP contribution is -2.33. The Morgan fingerprint density at radius 1 is 1.35 bits per heavy atom. The molecule has 2 N–H and O–H groups in total. The van der Waals surface area contributed by atoms with E-state index in [4.69, 9.17) is 15.2 Å². The molecule has 2 aromatic rings. The van der Waals surface area contributed by atoms with E-state index in [0.717, 1.165) is 17.2 Å². The average Bonchev–Trinajstić information content (AvgIpc) is 2.87. The van der Waals surface area contributed by atoms with Crippen LogP contribution in [0.25, 0.3) is 0 Å². The number of aromatic nitrogens is 3. The quantitative estimate of drug-likeness (QED) is 0.913. The summed E-state index contributed by atoms with van der Waals surface area (Å²) in [4.78, 5) is 0. The summed E-state index contributed by atoms with van der Waals surface area (Å²) in [6.45, 7) is 4.88. The fourth-order valence-corrected chi connectivity index (χ4v) is 2.04. The molecule has 0 bridgehead atoms. The van der Waals surface area contributed by atoms with Crippen molar-refractivity contribution >= 4 is 0 Å². The molecule has 0 aliphatic carbocycles. The molecule has 20 heavy (non-hydrogen) atoms. The van der Waals surface area contributed by atoms with Crippen LogP contribution in [0.15, 0.2) is 30.5 Å². The van der Waals surface area contributed by atoms with Crippen LogP contribution in [0, 0.1) is 0 Å². The third-order valence-electron chi connectivity index (χ3n) is 3.16. The normalized spacial score (nSPS) is 18.1. The van der Waals surface area contributed by atoms with Gasteiger partial charge in [0.2, 0.25) is 0 Å². The van der Waals surface area contributed by atoms with Gasteiger partial charge in [0.1, 0.15) is 12.3 Å². The van der Waals surface area contributed by atoms with E-state index in [0.29, 0.717) is 13.2 Å². The third-order valence-corrected chi connectivity index (χ3v) is 3.16. The van der Waals surface area contributed by atoms with E-state index in [-0.39, 0.29) is 6.10 Å². The SMILES string of the molecule is CC(C)(N)c1cn(CC2COc3ccccc3O2)nn1. The number of benzene rings is 1. The van der Waals surface area contributed by atoms with Crippen LogP contribution in [0.2, 0.25) is 0 Å². The number of nitrogens with zero attached hydrogens (tertiary/aromatic N) is 3. The lowest BCUT2D eigenvalue weighted by Gasteiger charge is -2.26. The summed E-state index contributed by atoms with van der Waals surface area (Å²) in [6.07, 6.45) is 1.77. The summed E-state index contributed by atoms with van der Waals surface area (Å²) in [5.74, 6) is 1.55. The zero-order valence-corrected chi connectivity index (χ0v) is 11.6. The first-order valence-corrected chi connectivity index (χ1v) is 6.60. The zero-order valence-electron chi connectivity index (χ0n) is 11.6. The Kier molecular flexibility index (Phi) is 3.10. The fraction of sp³-hybridized carbons (Fsp3) is 0.429. The topological polar surface area (TPSA) is 75.2 Å². The molecule has 6 nitrogen and oxygen atoms in total. The molecule has 0 amide bonds. The molecule has 3 rings (SSSR count). The molecule has 1 aliphatic rings. The molecule has 0 spiro atoms. The van der Waals surface area contributed by atoms with Crippen molar-refractivity contribution in [2.75, 3.05) is 6.61 Å². The summed E-state index contributed by atoms with van der Waals surface area (Å²) in [5.41, 5.74) is 6.26. The van der Waals surface area contributed by atoms with Crippen LogP contribution in [-0.2, 0) is 12.1 Å². The maximum Gasteiger partial charge on any atom is 0.161 e. The van der Waals surface area contributed by atoms with E-state index in [1.54, 1.807) is 4.68 Å². The summed E-state index contributed by atoms with van der Waals surface area (Å²) < 4.78 is 13.3. The highest BCUT2D eigenvalue weighted by atomic mass is 16.6. The van der Waals surface area contributed by atoms with Gasteiger partial charge in [-0.25, -0.2) is 4.68 Å². The summed E-state index contributed by atoms with van der Waals surface area (Å²) in [5, 5.41) is 8.17. The van der Waals surface area contributed by atoms with Crippen molar-refractivity contribution in [2.45, 2.75) is 32.0 Å². The Bertz CT molecular complexity index is 603. The Hall–Kier alpha value is -2.08. The second-order valence-electron chi connectivity index (χ2n) is 5.55. The molecule has 1 aliphatic heterocycles. The molecule has 1 atom stereocenters. The van der Waals surface area contributed by atoms with Crippen LogP contribution in [0.1, 0.15) is 19.5 Å². The second-order valence-corrected chi connectivity index (χ2v) is 5.55. The maximum atomic E-state index is 5.99. The van der Waals surface area contributed by atoms with Gasteiger partial charge in [-0.3, -0.25) is 0 Å². The number of rotatable bonds is 3. The minimum Gasteiger partial charge on any atom is -0.486 e. The summed E-state index contributed by atoms with van der Waals surface area (Å²) >= 11 is 0. The number of hydrogen-bond acceptors (Lipinski definition) is 5. The van der Waals surface area contributed by atoms with Gasteiger partial charge >= 0.3 is 0 Å². The monoisotopic (exact) mass is 274 g/mol. The van der Waals surface area contributed by atoms with Gasteiger partial charge in [0.25, 0.3) is 0 Å². The van der Waals surface area contributed by atoms with Gasteiger partial charge in [-0.2, -0.15) is 0 Å². The summed E-state index contributed by atoms with van der Waals surface area (Å²) in [7, 11) is 0. The largest absolute Gasteiger partial charge is 0.486 e. The Morgan fingerprint density at radius 2 is 2.10 bits per heavy atom. The number of nitrogens with two attached hydrogens (primary N) is 1. The van der Waals surface area contributed by atoms with Gasteiger partial charge in [0.05, 0.1) is 18.3 Å². The van der Waals surface area contributed by atoms with Crippen LogP contribution < -0.4 is 15.2 Å². The average molecular weight is 274 g/mol. The molecule has 1 unspecified atom stereocenters. The Labute approximate surface area is 117 Å². The predicted molar refractivity (Wildman–Crippen MR) is 73.6 cm³/mol. The molecule has 0 saturated heterocycles. The number of fused-ring (bicyclic) bond motifs is 1. The second kappa shape index (κ2) is 4.79. The minimum atomic E-state index is -0.491. The van der Waals surface area contributed by atoms with Gasteiger partial charge in [-0.1, -0.05) is 17.3 Å². The lowest BCUT2D eigenvalue weighted by molar-refractivity contribution is 0.0754. The van der Waals surface area contributed by atoms with Crippen molar-refractivity contribution in [3.63, 3.8) is 0 Å². The predicted octanol–water partition coefficient (Wildman–Crippen LogP) is 1.31. The number of para-hydroxylation sites is 2. The van der Waals surface area contributed by atoms with Crippen LogP contribution in [0.3, 0.4) is 0 Å². The van der Waals surface area contributed by atoms with Crippen LogP contribution >= 0.6 is 0 Å².